The number of aliphatic hydroxyl groups excluding tert-OH is 8. The molecule has 1 unspecified atom stereocenters. The Morgan fingerprint density at radius 3 is 1.94 bits per heavy atom. The summed E-state index contributed by atoms with van der Waals surface area (Å²) in [7, 11) is 0. The number of rotatable bonds is 6. The summed E-state index contributed by atoms with van der Waals surface area (Å²) in [5.74, 6) is -0.575. The van der Waals surface area contributed by atoms with Crippen molar-refractivity contribution in [3.05, 3.63) is 0 Å². The van der Waals surface area contributed by atoms with Crippen LogP contribution in [0.1, 0.15) is 20.8 Å². The van der Waals surface area contributed by atoms with Gasteiger partial charge < -0.3 is 69.9 Å². The molecule has 0 aromatic heterocycles. The third kappa shape index (κ3) is 5.93. The zero-order chi connectivity index (χ0) is 26.2. The quantitative estimate of drug-likeness (QED) is 0.161. The van der Waals surface area contributed by atoms with E-state index in [1.807, 2.05) is 0 Å². The second-order valence-corrected chi connectivity index (χ2v) is 9.04. The largest absolute Gasteiger partial charge is 0.394 e. The number of nitrogens with one attached hydrogen (secondary N) is 1. The van der Waals surface area contributed by atoms with Gasteiger partial charge in [0.25, 0.3) is 0 Å². The Balaban J connectivity index is 1.87. The molecule has 3 rings (SSSR count). The number of carbonyl (C=O) groups excluding carboxylic acids is 1. The summed E-state index contributed by atoms with van der Waals surface area (Å²) in [5.41, 5.74) is 0. The standard InChI is InChI=1S/C20H35NO14/c1-5-10(24)13(27)15(29)19(32-5)35-17-14(28)12(26)8(4-22)33-20(17)34-16-9(21-7(3)23)18(30)31-6(2)11(16)25/h5-6,8-20,22,24-30H,4H2,1-3H3,(H,21,23)/t5-,6+,8+,9+,10+,11+,12-,13+,14-,15-,16+,17+,18?,19-,20-/m0/s1. The number of carbonyl (C=O) groups is 1. The zero-order valence-electron chi connectivity index (χ0n) is 19.4. The summed E-state index contributed by atoms with van der Waals surface area (Å²) in [6.45, 7) is 3.29. The highest BCUT2D eigenvalue weighted by Gasteiger charge is 2.53. The van der Waals surface area contributed by atoms with Crippen LogP contribution in [0.25, 0.3) is 0 Å². The van der Waals surface area contributed by atoms with Crippen LogP contribution in [0.5, 0.6) is 0 Å². The van der Waals surface area contributed by atoms with Gasteiger partial charge in [-0.25, -0.2) is 0 Å². The van der Waals surface area contributed by atoms with Crippen LogP contribution in [0.3, 0.4) is 0 Å². The van der Waals surface area contributed by atoms with Gasteiger partial charge in [0.2, 0.25) is 5.91 Å². The van der Waals surface area contributed by atoms with Gasteiger partial charge in [0, 0.05) is 6.92 Å². The van der Waals surface area contributed by atoms with E-state index in [-0.39, 0.29) is 0 Å². The van der Waals surface area contributed by atoms with E-state index in [1.165, 1.54) is 20.8 Å². The molecule has 3 aliphatic rings. The Labute approximate surface area is 200 Å². The summed E-state index contributed by atoms with van der Waals surface area (Å²) in [5, 5.41) is 84.3. The molecule has 1 amide bonds. The average Bonchev–Trinajstić information content (AvgIpc) is 2.80. The van der Waals surface area contributed by atoms with Crippen LogP contribution in [0.4, 0.5) is 0 Å². The summed E-state index contributed by atoms with van der Waals surface area (Å²) < 4.78 is 27.6. The summed E-state index contributed by atoms with van der Waals surface area (Å²) in [6.07, 6.45) is -20.8. The van der Waals surface area contributed by atoms with Crippen LogP contribution < -0.4 is 5.32 Å². The molecular weight excluding hydrogens is 478 g/mol. The van der Waals surface area contributed by atoms with Crippen LogP contribution >= 0.6 is 0 Å². The summed E-state index contributed by atoms with van der Waals surface area (Å²) in [4.78, 5) is 11.7. The molecule has 0 aromatic rings. The molecule has 0 aromatic carbocycles. The topological polar surface area (TPSA) is 237 Å². The lowest BCUT2D eigenvalue weighted by molar-refractivity contribution is -0.379. The van der Waals surface area contributed by atoms with Crippen molar-refractivity contribution in [3.63, 3.8) is 0 Å². The molecule has 3 heterocycles. The lowest BCUT2D eigenvalue weighted by Gasteiger charge is -2.48. The van der Waals surface area contributed by atoms with E-state index in [1.54, 1.807) is 0 Å². The minimum atomic E-state index is -1.78. The minimum absolute atomic E-state index is 0.575. The fraction of sp³-hybridized carbons (Fsp3) is 0.950. The molecule has 3 aliphatic heterocycles. The zero-order valence-corrected chi connectivity index (χ0v) is 19.4. The van der Waals surface area contributed by atoms with E-state index in [4.69, 9.17) is 23.7 Å². The van der Waals surface area contributed by atoms with Gasteiger partial charge in [-0.15, -0.1) is 0 Å². The van der Waals surface area contributed by atoms with E-state index < -0.39 is 105 Å². The Kier molecular flexibility index (Phi) is 9.42. The molecule has 0 spiro atoms. The molecule has 204 valence electrons. The molecule has 35 heavy (non-hydrogen) atoms. The Bertz CT molecular complexity index is 715. The maximum atomic E-state index is 11.7. The fourth-order valence-corrected chi connectivity index (χ4v) is 4.33. The highest BCUT2D eigenvalue weighted by atomic mass is 16.8. The van der Waals surface area contributed by atoms with E-state index in [2.05, 4.69) is 5.32 Å². The Morgan fingerprint density at radius 2 is 1.34 bits per heavy atom. The van der Waals surface area contributed by atoms with Crippen molar-refractivity contribution in [1.29, 1.82) is 0 Å². The molecule has 15 atom stereocenters. The Morgan fingerprint density at radius 1 is 0.743 bits per heavy atom. The number of hydrogen-bond acceptors (Lipinski definition) is 14. The van der Waals surface area contributed by atoms with Crippen molar-refractivity contribution < 1.29 is 69.3 Å². The van der Waals surface area contributed by atoms with Crippen LogP contribution in [0, 0.1) is 0 Å². The van der Waals surface area contributed by atoms with Gasteiger partial charge in [-0.2, -0.15) is 0 Å². The van der Waals surface area contributed by atoms with Gasteiger partial charge in [-0.05, 0) is 13.8 Å². The van der Waals surface area contributed by atoms with Gasteiger partial charge >= 0.3 is 0 Å². The molecule has 0 radical (unpaired) electrons. The van der Waals surface area contributed by atoms with Crippen molar-refractivity contribution in [3.8, 4) is 0 Å². The molecule has 15 nitrogen and oxygen atoms in total. The SMILES string of the molecule is CC(=O)N[C@H]1C(O)O[C@H](C)[C@@H](O)[C@@H]1O[C@@H]1O[C@H](CO)[C@H](O)[C@H](O)[C@H]1O[C@@H]1O[C@@H](C)[C@@H](O)[C@@H](O)[C@@H]1O. The fourth-order valence-electron chi connectivity index (χ4n) is 4.33. The number of aliphatic hydroxyl groups is 8. The van der Waals surface area contributed by atoms with E-state index in [0.717, 1.165) is 0 Å². The normalized spacial score (nSPS) is 51.1. The minimum Gasteiger partial charge on any atom is -0.394 e. The highest BCUT2D eigenvalue weighted by molar-refractivity contribution is 5.73. The van der Waals surface area contributed by atoms with Gasteiger partial charge in [-0.3, -0.25) is 4.79 Å². The first-order chi connectivity index (χ1) is 16.4. The third-order valence-corrected chi connectivity index (χ3v) is 6.42. The predicted molar refractivity (Wildman–Crippen MR) is 110 cm³/mol. The molecule has 3 saturated heterocycles. The molecule has 0 saturated carbocycles. The van der Waals surface area contributed by atoms with Gasteiger partial charge in [-0.1, -0.05) is 0 Å². The maximum absolute atomic E-state index is 11.7. The van der Waals surface area contributed by atoms with Crippen LogP contribution in [0.15, 0.2) is 0 Å². The predicted octanol–water partition coefficient (Wildman–Crippen LogP) is -5.37. The smallest absolute Gasteiger partial charge is 0.217 e. The lowest BCUT2D eigenvalue weighted by Crippen LogP contribution is -2.68. The first-order valence-corrected chi connectivity index (χ1v) is 11.3. The average molecular weight is 513 g/mol. The summed E-state index contributed by atoms with van der Waals surface area (Å²) >= 11 is 0. The van der Waals surface area contributed by atoms with Gasteiger partial charge in [0.05, 0.1) is 18.8 Å². The van der Waals surface area contributed by atoms with E-state index in [0.29, 0.717) is 0 Å². The van der Waals surface area contributed by atoms with Crippen molar-refractivity contribution in [2.24, 2.45) is 0 Å². The number of ether oxygens (including phenoxy) is 5. The van der Waals surface area contributed by atoms with Crippen molar-refractivity contribution in [2.75, 3.05) is 6.61 Å². The Hall–Kier alpha value is -1.05. The molecular formula is C20H35NO14. The molecule has 0 aliphatic carbocycles. The van der Waals surface area contributed by atoms with Crippen molar-refractivity contribution in [1.82, 2.24) is 5.32 Å². The van der Waals surface area contributed by atoms with Gasteiger partial charge in [0.1, 0.15) is 61.0 Å². The molecule has 3 fully saturated rings. The highest BCUT2D eigenvalue weighted by Crippen LogP contribution is 2.32. The number of amides is 1. The number of hydrogen-bond donors (Lipinski definition) is 9. The van der Waals surface area contributed by atoms with Crippen LogP contribution in [0.2, 0.25) is 0 Å². The van der Waals surface area contributed by atoms with Crippen molar-refractivity contribution >= 4 is 5.91 Å². The second kappa shape index (κ2) is 11.6. The first-order valence-electron chi connectivity index (χ1n) is 11.3. The monoisotopic (exact) mass is 513 g/mol. The third-order valence-electron chi connectivity index (χ3n) is 6.42. The van der Waals surface area contributed by atoms with Crippen LogP contribution in [-0.4, -0.2) is 145 Å². The van der Waals surface area contributed by atoms with Crippen molar-refractivity contribution in [2.45, 2.75) is 113 Å². The lowest BCUT2D eigenvalue weighted by atomic mass is 9.95. The molecule has 0 bridgehead atoms. The van der Waals surface area contributed by atoms with E-state index >= 15 is 0 Å². The maximum Gasteiger partial charge on any atom is 0.217 e. The van der Waals surface area contributed by atoms with Crippen LogP contribution in [-0.2, 0) is 28.5 Å². The first kappa shape index (κ1) is 28.5. The summed E-state index contributed by atoms with van der Waals surface area (Å²) in [6, 6.07) is -1.28. The van der Waals surface area contributed by atoms with E-state index in [9.17, 15) is 45.6 Å². The molecule has 9 N–H and O–H groups in total. The molecule has 15 heteroatoms. The van der Waals surface area contributed by atoms with Gasteiger partial charge in [0.15, 0.2) is 18.9 Å². The second-order valence-electron chi connectivity index (χ2n) is 9.04.